The molecular weight excluding hydrogens is 289 g/mol. The van der Waals surface area contributed by atoms with E-state index in [1.165, 1.54) is 0 Å². The highest BCUT2D eigenvalue weighted by Gasteiger charge is 2.17. The Hall–Kier alpha value is -2.88. The molecule has 0 radical (unpaired) electrons. The van der Waals surface area contributed by atoms with Crippen LogP contribution in [0.25, 0.3) is 11.5 Å². The molecule has 2 rings (SSSR count). The van der Waals surface area contributed by atoms with Crippen molar-refractivity contribution in [2.45, 2.75) is 6.61 Å². The molecule has 9 nitrogen and oxygen atoms in total. The Labute approximate surface area is 116 Å². The topological polar surface area (TPSA) is 129 Å². The first-order valence-corrected chi connectivity index (χ1v) is 5.53. The second-order valence-electron chi connectivity index (χ2n) is 3.81. The van der Waals surface area contributed by atoms with Crippen LogP contribution < -0.4 is 0 Å². The van der Waals surface area contributed by atoms with Gasteiger partial charge in [0.1, 0.15) is 19.0 Å². The minimum absolute atomic E-state index is 0.0380. The van der Waals surface area contributed by atoms with E-state index in [-0.39, 0.29) is 24.0 Å². The molecule has 0 saturated carbocycles. The Kier molecular flexibility index (Phi) is 4.18. The van der Waals surface area contributed by atoms with E-state index in [9.17, 15) is 19.3 Å². The number of carboxylic acids is 1. The molecule has 0 unspecified atom stereocenters. The summed E-state index contributed by atoms with van der Waals surface area (Å²) in [7, 11) is 0. The molecule has 110 valence electrons. The number of nitro groups is 1. The lowest BCUT2D eigenvalue weighted by molar-refractivity contribution is -0.385. The largest absolute Gasteiger partial charge is 0.480 e. The van der Waals surface area contributed by atoms with Crippen LogP contribution in [0.2, 0.25) is 0 Å². The minimum Gasteiger partial charge on any atom is -0.480 e. The SMILES string of the molecule is O=C(O)COCc1nnc(-c2ccc([N+](=O)[O-])cc2F)o1. The van der Waals surface area contributed by atoms with Crippen molar-refractivity contribution in [3.63, 3.8) is 0 Å². The van der Waals surface area contributed by atoms with E-state index in [4.69, 9.17) is 14.3 Å². The number of rotatable bonds is 6. The van der Waals surface area contributed by atoms with E-state index >= 15 is 0 Å². The Morgan fingerprint density at radius 3 is 2.86 bits per heavy atom. The summed E-state index contributed by atoms with van der Waals surface area (Å²) in [5.41, 5.74) is -0.502. The molecule has 2 aromatic rings. The quantitative estimate of drug-likeness (QED) is 0.625. The van der Waals surface area contributed by atoms with Crippen molar-refractivity contribution in [2.24, 2.45) is 0 Å². The van der Waals surface area contributed by atoms with Gasteiger partial charge >= 0.3 is 5.97 Å². The molecule has 1 aromatic heterocycles. The van der Waals surface area contributed by atoms with Crippen molar-refractivity contribution < 1.29 is 28.4 Å². The number of carboxylic acid groups (broad SMARTS) is 1. The van der Waals surface area contributed by atoms with Crippen molar-refractivity contribution in [2.75, 3.05) is 6.61 Å². The van der Waals surface area contributed by atoms with Gasteiger partial charge in [0.05, 0.1) is 16.6 Å². The average molecular weight is 297 g/mol. The summed E-state index contributed by atoms with van der Waals surface area (Å²) in [4.78, 5) is 20.0. The van der Waals surface area contributed by atoms with Crippen molar-refractivity contribution in [1.29, 1.82) is 0 Å². The molecule has 0 fully saturated rings. The molecule has 0 atom stereocenters. The van der Waals surface area contributed by atoms with Gasteiger partial charge in [0.15, 0.2) is 0 Å². The van der Waals surface area contributed by atoms with Gasteiger partial charge in [0, 0.05) is 6.07 Å². The summed E-state index contributed by atoms with van der Waals surface area (Å²) in [5.74, 6) is -2.26. The summed E-state index contributed by atoms with van der Waals surface area (Å²) >= 11 is 0. The third-order valence-corrected chi connectivity index (χ3v) is 2.31. The smallest absolute Gasteiger partial charge is 0.329 e. The number of non-ortho nitro benzene ring substituents is 1. The third-order valence-electron chi connectivity index (χ3n) is 2.31. The fourth-order valence-corrected chi connectivity index (χ4v) is 1.44. The first-order chi connectivity index (χ1) is 9.97. The van der Waals surface area contributed by atoms with Crippen LogP contribution in [0.1, 0.15) is 5.89 Å². The highest BCUT2D eigenvalue weighted by atomic mass is 19.1. The zero-order valence-corrected chi connectivity index (χ0v) is 10.4. The van der Waals surface area contributed by atoms with Gasteiger partial charge in [-0.25, -0.2) is 9.18 Å². The predicted octanol–water partition coefficient (Wildman–Crippen LogP) is 1.39. The standard InChI is InChI=1S/C11H8FN3O6/c12-8-3-6(15(18)19)1-2-7(8)11-14-13-9(21-11)4-20-5-10(16)17/h1-3H,4-5H2,(H,16,17). The molecule has 10 heteroatoms. The van der Waals surface area contributed by atoms with Crippen LogP contribution in [0.4, 0.5) is 10.1 Å². The van der Waals surface area contributed by atoms with Crippen molar-refractivity contribution in [3.8, 4) is 11.5 Å². The first kappa shape index (κ1) is 14.5. The van der Waals surface area contributed by atoms with E-state index in [1.807, 2.05) is 0 Å². The second-order valence-corrected chi connectivity index (χ2v) is 3.81. The van der Waals surface area contributed by atoms with Gasteiger partial charge < -0.3 is 14.3 Å². The molecule has 1 N–H and O–H groups in total. The monoisotopic (exact) mass is 297 g/mol. The Morgan fingerprint density at radius 1 is 1.48 bits per heavy atom. The molecule has 0 aliphatic heterocycles. The summed E-state index contributed by atoms with van der Waals surface area (Å²) < 4.78 is 23.5. The summed E-state index contributed by atoms with van der Waals surface area (Å²) in [5, 5.41) is 26.0. The van der Waals surface area contributed by atoms with Crippen LogP contribution in [0.3, 0.4) is 0 Å². The normalized spacial score (nSPS) is 10.5. The number of halogens is 1. The number of nitro benzene ring substituents is 1. The van der Waals surface area contributed by atoms with Crippen molar-refractivity contribution >= 4 is 11.7 Å². The fourth-order valence-electron chi connectivity index (χ4n) is 1.44. The van der Waals surface area contributed by atoms with Crippen LogP contribution in [0, 0.1) is 15.9 Å². The van der Waals surface area contributed by atoms with E-state index < -0.39 is 29.0 Å². The lowest BCUT2D eigenvalue weighted by Crippen LogP contribution is -2.06. The minimum atomic E-state index is -1.16. The number of nitrogens with zero attached hydrogens (tertiary/aromatic N) is 3. The number of carbonyl (C=O) groups is 1. The fraction of sp³-hybridized carbons (Fsp3) is 0.182. The summed E-state index contributed by atoms with van der Waals surface area (Å²) in [6.07, 6.45) is 0. The highest BCUT2D eigenvalue weighted by molar-refractivity contribution is 5.67. The molecule has 21 heavy (non-hydrogen) atoms. The first-order valence-electron chi connectivity index (χ1n) is 5.53. The predicted molar refractivity (Wildman–Crippen MR) is 63.6 cm³/mol. The van der Waals surface area contributed by atoms with E-state index in [1.54, 1.807) is 0 Å². The van der Waals surface area contributed by atoms with E-state index in [0.29, 0.717) is 0 Å². The Morgan fingerprint density at radius 2 is 2.24 bits per heavy atom. The van der Waals surface area contributed by atoms with Crippen LogP contribution in [-0.2, 0) is 16.1 Å². The molecular formula is C11H8FN3O6. The third kappa shape index (κ3) is 3.57. The van der Waals surface area contributed by atoms with Gasteiger partial charge in [0.25, 0.3) is 11.6 Å². The summed E-state index contributed by atoms with van der Waals surface area (Å²) in [6.45, 7) is -0.780. The Balaban J connectivity index is 2.14. The van der Waals surface area contributed by atoms with Gasteiger partial charge in [-0.2, -0.15) is 0 Å². The van der Waals surface area contributed by atoms with Gasteiger partial charge in [-0.3, -0.25) is 10.1 Å². The van der Waals surface area contributed by atoms with Crippen LogP contribution in [-0.4, -0.2) is 32.8 Å². The molecule has 0 aliphatic carbocycles. The van der Waals surface area contributed by atoms with Gasteiger partial charge in [0.2, 0.25) is 5.89 Å². The van der Waals surface area contributed by atoms with Gasteiger partial charge in [-0.15, -0.1) is 10.2 Å². The number of aliphatic carboxylic acids is 1. The number of benzene rings is 1. The molecule has 1 heterocycles. The zero-order chi connectivity index (χ0) is 15.4. The number of aromatic nitrogens is 2. The maximum Gasteiger partial charge on any atom is 0.329 e. The molecule has 1 aromatic carbocycles. The number of ether oxygens (including phenoxy) is 1. The zero-order valence-electron chi connectivity index (χ0n) is 10.4. The van der Waals surface area contributed by atoms with Crippen LogP contribution in [0.5, 0.6) is 0 Å². The summed E-state index contributed by atoms with van der Waals surface area (Å²) in [6, 6.07) is 2.98. The lowest BCUT2D eigenvalue weighted by atomic mass is 10.2. The van der Waals surface area contributed by atoms with E-state index in [2.05, 4.69) is 10.2 Å². The molecule has 0 saturated heterocycles. The lowest BCUT2D eigenvalue weighted by Gasteiger charge is -1.98. The molecule has 0 spiro atoms. The van der Waals surface area contributed by atoms with Crippen LogP contribution in [0.15, 0.2) is 22.6 Å². The Bertz CT molecular complexity index is 686. The average Bonchev–Trinajstić information content (AvgIpc) is 2.86. The van der Waals surface area contributed by atoms with Crippen molar-refractivity contribution in [1.82, 2.24) is 10.2 Å². The maximum absolute atomic E-state index is 13.7. The van der Waals surface area contributed by atoms with E-state index in [0.717, 1.165) is 18.2 Å². The second kappa shape index (κ2) is 6.05. The molecule has 0 bridgehead atoms. The maximum atomic E-state index is 13.7. The van der Waals surface area contributed by atoms with Crippen molar-refractivity contribution in [3.05, 3.63) is 40.0 Å². The van der Waals surface area contributed by atoms with Gasteiger partial charge in [-0.1, -0.05) is 0 Å². The molecule has 0 aliphatic rings. The number of hydrogen-bond acceptors (Lipinski definition) is 7. The number of hydrogen-bond donors (Lipinski definition) is 1. The highest BCUT2D eigenvalue weighted by Crippen LogP contribution is 2.25. The van der Waals surface area contributed by atoms with Gasteiger partial charge in [-0.05, 0) is 6.07 Å². The van der Waals surface area contributed by atoms with Crippen LogP contribution >= 0.6 is 0 Å². The molecule has 0 amide bonds.